The fourth-order valence-corrected chi connectivity index (χ4v) is 10.1. The smallest absolute Gasteiger partial charge is 0.0555 e. The lowest BCUT2D eigenvalue weighted by molar-refractivity contribution is 0.660. The van der Waals surface area contributed by atoms with Crippen LogP contribution in [0.1, 0.15) is 25.0 Å². The molecule has 0 bridgehead atoms. The van der Waals surface area contributed by atoms with Crippen molar-refractivity contribution in [3.8, 4) is 16.8 Å². The van der Waals surface area contributed by atoms with Gasteiger partial charge in [-0.25, -0.2) is 0 Å². The molecule has 0 radical (unpaired) electrons. The third kappa shape index (κ3) is 4.17. The molecule has 0 N–H and O–H groups in total. The van der Waals surface area contributed by atoms with Crippen molar-refractivity contribution in [3.63, 3.8) is 0 Å². The quantitative estimate of drug-likeness (QED) is 0.179. The molecule has 0 unspecified atom stereocenters. The van der Waals surface area contributed by atoms with Crippen molar-refractivity contribution in [2.24, 2.45) is 0 Å². The molecule has 0 saturated heterocycles. The molecule has 1 aliphatic carbocycles. The van der Waals surface area contributed by atoms with E-state index in [0.29, 0.717) is 0 Å². The Bertz CT molecular complexity index is 3050. The Labute approximate surface area is 306 Å². The van der Waals surface area contributed by atoms with E-state index >= 15 is 0 Å². The van der Waals surface area contributed by atoms with Crippen LogP contribution in [0, 0.1) is 0 Å². The van der Waals surface area contributed by atoms with Gasteiger partial charge in [0, 0.05) is 59.1 Å². The van der Waals surface area contributed by atoms with Gasteiger partial charge in [-0.1, -0.05) is 117 Å². The van der Waals surface area contributed by atoms with Gasteiger partial charge in [0.15, 0.2) is 0 Å². The zero-order valence-electron chi connectivity index (χ0n) is 29.0. The van der Waals surface area contributed by atoms with Crippen LogP contribution in [0.5, 0.6) is 0 Å². The average molecular weight is 683 g/mol. The second-order valence-electron chi connectivity index (χ2n) is 14.6. The van der Waals surface area contributed by atoms with Crippen molar-refractivity contribution in [1.82, 2.24) is 4.57 Å². The fourth-order valence-electron chi connectivity index (χ4n) is 8.86. The normalized spacial score (nSPS) is 13.3. The van der Waals surface area contributed by atoms with E-state index in [4.69, 9.17) is 0 Å². The standard InChI is InChI=1S/C49H34N2S/c1-49(2)42-18-10-8-16-37(42)38-24-22-36(30-43(38)49)50(34-21-20-31-12-6-7-13-32(31)28-34)35-23-26-44-41(29-35)47-45(51(44)33-14-4-3-5-15-33)27-25-40-39-17-9-11-19-46(39)52-48(40)47/h3-30H,1-2H3. The molecule has 0 atom stereocenters. The summed E-state index contributed by atoms with van der Waals surface area (Å²) in [6, 6.07) is 62.8. The molecule has 3 heteroatoms. The monoisotopic (exact) mass is 682 g/mol. The Morgan fingerprint density at radius 3 is 2.06 bits per heavy atom. The van der Waals surface area contributed by atoms with Crippen LogP contribution in [0.3, 0.4) is 0 Å². The maximum atomic E-state index is 2.46. The van der Waals surface area contributed by atoms with E-state index in [0.717, 1.165) is 17.1 Å². The molecular formula is C49H34N2S. The van der Waals surface area contributed by atoms with Crippen LogP contribution in [0.25, 0.3) is 69.6 Å². The van der Waals surface area contributed by atoms with E-state index in [1.54, 1.807) is 0 Å². The zero-order chi connectivity index (χ0) is 34.6. The number of fused-ring (bicyclic) bond motifs is 11. The lowest BCUT2D eigenvalue weighted by atomic mass is 9.82. The Morgan fingerprint density at radius 2 is 1.15 bits per heavy atom. The third-order valence-corrected chi connectivity index (χ3v) is 12.5. The molecule has 52 heavy (non-hydrogen) atoms. The first-order valence-corrected chi connectivity index (χ1v) is 18.8. The molecule has 0 fully saturated rings. The summed E-state index contributed by atoms with van der Waals surface area (Å²) in [5.74, 6) is 0. The Morgan fingerprint density at radius 1 is 0.481 bits per heavy atom. The van der Waals surface area contributed by atoms with Gasteiger partial charge in [0.05, 0.1) is 11.0 Å². The summed E-state index contributed by atoms with van der Waals surface area (Å²) in [7, 11) is 0. The predicted octanol–water partition coefficient (Wildman–Crippen LogP) is 14.1. The molecule has 2 aromatic heterocycles. The minimum absolute atomic E-state index is 0.100. The maximum absolute atomic E-state index is 2.46. The summed E-state index contributed by atoms with van der Waals surface area (Å²) in [6.07, 6.45) is 0. The number of thiophene rings is 1. The van der Waals surface area contributed by atoms with Crippen molar-refractivity contribution in [2.45, 2.75) is 19.3 Å². The number of nitrogens with zero attached hydrogens (tertiary/aromatic N) is 2. The number of para-hydroxylation sites is 1. The lowest BCUT2D eigenvalue weighted by Gasteiger charge is -2.28. The second-order valence-corrected chi connectivity index (χ2v) is 15.6. The molecule has 0 aliphatic heterocycles. The molecular weight excluding hydrogens is 649 g/mol. The van der Waals surface area contributed by atoms with Crippen LogP contribution in [0.15, 0.2) is 170 Å². The molecule has 8 aromatic carbocycles. The fraction of sp³-hybridized carbons (Fsp3) is 0.0612. The number of benzene rings is 8. The first-order chi connectivity index (χ1) is 25.5. The summed E-state index contributed by atoms with van der Waals surface area (Å²) < 4.78 is 5.10. The molecule has 10 aromatic rings. The van der Waals surface area contributed by atoms with Gasteiger partial charge in [-0.3, -0.25) is 0 Å². The molecule has 2 nitrogen and oxygen atoms in total. The Kier molecular flexibility index (Phi) is 6.21. The molecule has 0 saturated carbocycles. The van der Waals surface area contributed by atoms with E-state index in [2.05, 4.69) is 193 Å². The van der Waals surface area contributed by atoms with Crippen LogP contribution in [0.2, 0.25) is 0 Å². The van der Waals surface area contributed by atoms with E-state index in [1.165, 1.54) is 80.7 Å². The van der Waals surface area contributed by atoms with Gasteiger partial charge < -0.3 is 9.47 Å². The lowest BCUT2D eigenvalue weighted by Crippen LogP contribution is -2.16. The largest absolute Gasteiger partial charge is 0.310 e. The van der Waals surface area contributed by atoms with Gasteiger partial charge in [-0.15, -0.1) is 11.3 Å². The van der Waals surface area contributed by atoms with E-state index < -0.39 is 0 Å². The highest BCUT2D eigenvalue weighted by Gasteiger charge is 2.35. The molecule has 246 valence electrons. The van der Waals surface area contributed by atoms with Crippen molar-refractivity contribution in [1.29, 1.82) is 0 Å². The molecule has 0 spiro atoms. The third-order valence-electron chi connectivity index (χ3n) is 11.3. The highest BCUT2D eigenvalue weighted by molar-refractivity contribution is 7.26. The molecule has 0 amide bonds. The second kappa shape index (κ2) is 10.9. The minimum atomic E-state index is -0.100. The highest BCUT2D eigenvalue weighted by Crippen LogP contribution is 2.51. The predicted molar refractivity (Wildman–Crippen MR) is 223 cm³/mol. The van der Waals surface area contributed by atoms with Gasteiger partial charge in [0.25, 0.3) is 0 Å². The zero-order valence-corrected chi connectivity index (χ0v) is 29.8. The maximum Gasteiger partial charge on any atom is 0.0555 e. The van der Waals surface area contributed by atoms with Crippen LogP contribution in [-0.4, -0.2) is 4.57 Å². The molecule has 1 aliphatic rings. The summed E-state index contributed by atoms with van der Waals surface area (Å²) in [6.45, 7) is 4.73. The molecule has 2 heterocycles. The summed E-state index contributed by atoms with van der Waals surface area (Å²) in [4.78, 5) is 2.46. The topological polar surface area (TPSA) is 8.17 Å². The summed E-state index contributed by atoms with van der Waals surface area (Å²) in [5.41, 5.74) is 12.4. The number of hydrogen-bond donors (Lipinski definition) is 0. The highest BCUT2D eigenvalue weighted by atomic mass is 32.1. The van der Waals surface area contributed by atoms with Crippen LogP contribution in [-0.2, 0) is 5.41 Å². The van der Waals surface area contributed by atoms with Gasteiger partial charge in [-0.2, -0.15) is 0 Å². The number of anilines is 3. The van der Waals surface area contributed by atoms with Crippen LogP contribution >= 0.6 is 11.3 Å². The summed E-state index contributed by atoms with van der Waals surface area (Å²) in [5, 5.41) is 7.67. The minimum Gasteiger partial charge on any atom is -0.310 e. The summed E-state index contributed by atoms with van der Waals surface area (Å²) >= 11 is 1.90. The van der Waals surface area contributed by atoms with Gasteiger partial charge in [0.2, 0.25) is 0 Å². The number of rotatable bonds is 4. The van der Waals surface area contributed by atoms with Crippen molar-refractivity contribution < 1.29 is 0 Å². The van der Waals surface area contributed by atoms with E-state index in [-0.39, 0.29) is 5.41 Å². The number of aromatic nitrogens is 1. The van der Waals surface area contributed by atoms with Gasteiger partial charge >= 0.3 is 0 Å². The molecule has 11 rings (SSSR count). The van der Waals surface area contributed by atoms with Crippen molar-refractivity contribution in [3.05, 3.63) is 181 Å². The van der Waals surface area contributed by atoms with Gasteiger partial charge in [-0.05, 0) is 99.8 Å². The van der Waals surface area contributed by atoms with E-state index in [1.807, 2.05) is 11.3 Å². The van der Waals surface area contributed by atoms with Crippen LogP contribution in [0.4, 0.5) is 17.1 Å². The first-order valence-electron chi connectivity index (χ1n) is 18.0. The SMILES string of the molecule is CC1(C)c2ccccc2-c2ccc(N(c3ccc4ccccc4c3)c3ccc4c(c3)c3c5sc6ccccc6c5ccc3n4-c3ccccc3)cc21. The Hall–Kier alpha value is -6.16. The van der Waals surface area contributed by atoms with Crippen LogP contribution < -0.4 is 4.90 Å². The first kappa shape index (κ1) is 29.6. The Balaban J connectivity index is 1.20. The average Bonchev–Trinajstić information content (AvgIpc) is 3.81. The van der Waals surface area contributed by atoms with Gasteiger partial charge in [0.1, 0.15) is 0 Å². The van der Waals surface area contributed by atoms with Crippen molar-refractivity contribution in [2.75, 3.05) is 4.90 Å². The van der Waals surface area contributed by atoms with E-state index in [9.17, 15) is 0 Å². The van der Waals surface area contributed by atoms with Crippen molar-refractivity contribution >= 4 is 81.1 Å². The number of hydrogen-bond acceptors (Lipinski definition) is 2.